The Kier molecular flexibility index (Phi) is 5.29. The van der Waals surface area contributed by atoms with Crippen molar-refractivity contribution in [2.75, 3.05) is 0 Å². The standard InChI is InChI=1S/C22H26ClN5O3/c1-21(2,3)25-20(31)17-18(30)16(29)12-27(26-17)13-22(8-4-5-9-22)28-11-15(23)14-7-6-10-24-19(14)28/h6-7,10-12,29H,4-5,8-9,13H2,1-3H3,(H,25,31). The highest BCUT2D eigenvalue weighted by Gasteiger charge is 2.38. The van der Waals surface area contributed by atoms with Crippen molar-refractivity contribution in [1.82, 2.24) is 24.6 Å². The van der Waals surface area contributed by atoms with Gasteiger partial charge in [0.2, 0.25) is 0 Å². The maximum atomic E-state index is 12.6. The number of carbonyl (C=O) groups excluding carboxylic acids is 1. The van der Waals surface area contributed by atoms with E-state index >= 15 is 0 Å². The van der Waals surface area contributed by atoms with Crippen molar-refractivity contribution in [1.29, 1.82) is 0 Å². The number of hydrogen-bond donors (Lipinski definition) is 2. The molecule has 0 atom stereocenters. The van der Waals surface area contributed by atoms with Gasteiger partial charge in [0.25, 0.3) is 11.3 Å². The maximum Gasteiger partial charge on any atom is 0.276 e. The summed E-state index contributed by atoms with van der Waals surface area (Å²) in [6.45, 7) is 5.81. The normalized spacial score (nSPS) is 16.0. The van der Waals surface area contributed by atoms with E-state index in [9.17, 15) is 14.7 Å². The zero-order chi connectivity index (χ0) is 22.4. The van der Waals surface area contributed by atoms with Gasteiger partial charge in [-0.1, -0.05) is 24.4 Å². The predicted molar refractivity (Wildman–Crippen MR) is 119 cm³/mol. The van der Waals surface area contributed by atoms with Gasteiger partial charge in [-0.15, -0.1) is 0 Å². The van der Waals surface area contributed by atoms with Crippen molar-refractivity contribution in [2.45, 2.75) is 64.1 Å². The van der Waals surface area contributed by atoms with Gasteiger partial charge in [-0.2, -0.15) is 5.10 Å². The molecule has 164 valence electrons. The average Bonchev–Trinajstić information content (AvgIpc) is 3.29. The minimum Gasteiger partial charge on any atom is -0.503 e. The van der Waals surface area contributed by atoms with Gasteiger partial charge in [-0.05, 0) is 45.7 Å². The van der Waals surface area contributed by atoms with E-state index in [0.717, 1.165) is 36.7 Å². The summed E-state index contributed by atoms with van der Waals surface area (Å²) in [7, 11) is 0. The first-order chi connectivity index (χ1) is 14.6. The largest absolute Gasteiger partial charge is 0.503 e. The SMILES string of the molecule is CC(C)(C)NC(=O)c1nn(CC2(n3cc(Cl)c4cccnc43)CCCC2)cc(O)c1=O. The molecule has 3 aromatic rings. The van der Waals surface area contributed by atoms with Crippen molar-refractivity contribution in [2.24, 2.45) is 0 Å². The Morgan fingerprint density at radius 3 is 2.68 bits per heavy atom. The van der Waals surface area contributed by atoms with Crippen LogP contribution in [0.3, 0.4) is 0 Å². The van der Waals surface area contributed by atoms with Crippen LogP contribution in [0.25, 0.3) is 11.0 Å². The predicted octanol–water partition coefficient (Wildman–Crippen LogP) is 3.45. The van der Waals surface area contributed by atoms with Crippen molar-refractivity contribution in [3.05, 3.63) is 51.7 Å². The number of hydrogen-bond acceptors (Lipinski definition) is 5. The maximum absolute atomic E-state index is 12.6. The van der Waals surface area contributed by atoms with E-state index in [1.54, 1.807) is 6.20 Å². The van der Waals surface area contributed by atoms with Crippen LogP contribution in [0.15, 0.2) is 35.5 Å². The van der Waals surface area contributed by atoms with Crippen LogP contribution in [0.1, 0.15) is 56.9 Å². The summed E-state index contributed by atoms with van der Waals surface area (Å²) < 4.78 is 3.58. The van der Waals surface area contributed by atoms with Crippen molar-refractivity contribution in [3.63, 3.8) is 0 Å². The number of halogens is 1. The third-order valence-corrected chi connectivity index (χ3v) is 5.97. The highest BCUT2D eigenvalue weighted by Crippen LogP contribution is 2.41. The second kappa shape index (κ2) is 7.67. The monoisotopic (exact) mass is 443 g/mol. The summed E-state index contributed by atoms with van der Waals surface area (Å²) in [4.78, 5) is 29.6. The fourth-order valence-corrected chi connectivity index (χ4v) is 4.59. The lowest BCUT2D eigenvalue weighted by Gasteiger charge is -2.32. The zero-order valence-corrected chi connectivity index (χ0v) is 18.6. The van der Waals surface area contributed by atoms with E-state index in [1.165, 1.54) is 10.9 Å². The molecule has 1 amide bonds. The van der Waals surface area contributed by atoms with Crippen LogP contribution in [-0.4, -0.2) is 35.9 Å². The van der Waals surface area contributed by atoms with Gasteiger partial charge in [0.15, 0.2) is 11.4 Å². The van der Waals surface area contributed by atoms with Gasteiger partial charge >= 0.3 is 0 Å². The van der Waals surface area contributed by atoms with Crippen LogP contribution in [0.5, 0.6) is 5.75 Å². The summed E-state index contributed by atoms with van der Waals surface area (Å²) in [5.41, 5.74) is -1.25. The van der Waals surface area contributed by atoms with Gasteiger partial charge in [0.05, 0.1) is 23.3 Å². The Morgan fingerprint density at radius 2 is 2.00 bits per heavy atom. The summed E-state index contributed by atoms with van der Waals surface area (Å²) in [5.74, 6) is -1.12. The lowest BCUT2D eigenvalue weighted by molar-refractivity contribution is 0.0908. The van der Waals surface area contributed by atoms with E-state index in [-0.39, 0.29) is 11.2 Å². The van der Waals surface area contributed by atoms with Gasteiger partial charge in [-0.3, -0.25) is 14.3 Å². The summed E-state index contributed by atoms with van der Waals surface area (Å²) in [6.07, 6.45) is 8.68. The molecule has 3 heterocycles. The fraction of sp³-hybridized carbons (Fsp3) is 0.455. The van der Waals surface area contributed by atoms with Crippen LogP contribution in [0.2, 0.25) is 5.02 Å². The quantitative estimate of drug-likeness (QED) is 0.643. The number of nitrogens with zero attached hydrogens (tertiary/aromatic N) is 4. The van der Waals surface area contributed by atoms with Crippen molar-refractivity contribution < 1.29 is 9.90 Å². The van der Waals surface area contributed by atoms with Crippen molar-refractivity contribution in [3.8, 4) is 5.75 Å². The molecule has 9 heteroatoms. The minimum atomic E-state index is -0.783. The molecule has 0 spiro atoms. The Hall–Kier alpha value is -2.87. The minimum absolute atomic E-state index is 0.323. The fourth-order valence-electron chi connectivity index (χ4n) is 4.34. The topological polar surface area (TPSA) is 102 Å². The number of pyridine rings is 1. The zero-order valence-electron chi connectivity index (χ0n) is 17.9. The number of amides is 1. The number of fused-ring (bicyclic) bond motifs is 1. The third kappa shape index (κ3) is 4.04. The molecule has 4 rings (SSSR count). The summed E-state index contributed by atoms with van der Waals surface area (Å²) >= 11 is 6.48. The molecule has 31 heavy (non-hydrogen) atoms. The first-order valence-electron chi connectivity index (χ1n) is 10.3. The molecule has 2 N–H and O–H groups in total. The van der Waals surface area contributed by atoms with E-state index in [2.05, 4.69) is 20.0 Å². The molecule has 1 saturated carbocycles. The lowest BCUT2D eigenvalue weighted by Crippen LogP contribution is -2.43. The number of aromatic nitrogens is 4. The molecule has 0 radical (unpaired) electrons. The molecule has 8 nitrogen and oxygen atoms in total. The Balaban J connectivity index is 1.77. The molecular formula is C22H26ClN5O3. The number of rotatable bonds is 4. The van der Waals surface area contributed by atoms with Crippen LogP contribution in [0.4, 0.5) is 0 Å². The van der Waals surface area contributed by atoms with Crippen molar-refractivity contribution >= 4 is 28.5 Å². The van der Waals surface area contributed by atoms with Crippen LogP contribution >= 0.6 is 11.6 Å². The Labute approximate surface area is 184 Å². The molecule has 0 bridgehead atoms. The van der Waals surface area contributed by atoms with Gasteiger partial charge in [0, 0.05) is 23.3 Å². The molecule has 1 aliphatic carbocycles. The average molecular weight is 444 g/mol. The second-order valence-corrected chi connectivity index (χ2v) is 9.65. The van der Waals surface area contributed by atoms with Crippen LogP contribution in [0, 0.1) is 0 Å². The number of carbonyl (C=O) groups is 1. The highest BCUT2D eigenvalue weighted by atomic mass is 35.5. The molecule has 0 aliphatic heterocycles. The number of nitrogens with one attached hydrogen (secondary N) is 1. The molecule has 3 aromatic heterocycles. The van der Waals surface area contributed by atoms with Gasteiger partial charge in [-0.25, -0.2) is 4.98 Å². The number of aromatic hydroxyl groups is 1. The smallest absolute Gasteiger partial charge is 0.276 e. The van der Waals surface area contributed by atoms with Crippen LogP contribution in [-0.2, 0) is 12.1 Å². The first kappa shape index (κ1) is 21.4. The van der Waals surface area contributed by atoms with E-state index in [4.69, 9.17) is 11.6 Å². The first-order valence-corrected chi connectivity index (χ1v) is 10.7. The second-order valence-electron chi connectivity index (χ2n) is 9.25. The van der Waals surface area contributed by atoms with E-state index in [0.29, 0.717) is 11.6 Å². The highest BCUT2D eigenvalue weighted by molar-refractivity contribution is 6.35. The lowest BCUT2D eigenvalue weighted by atomic mass is 9.97. The van der Waals surface area contributed by atoms with Crippen LogP contribution < -0.4 is 10.7 Å². The summed E-state index contributed by atoms with van der Waals surface area (Å²) in [5, 5.41) is 18.8. The molecule has 0 aromatic carbocycles. The Bertz CT molecular complexity index is 1200. The Morgan fingerprint density at radius 1 is 1.29 bits per heavy atom. The third-order valence-electron chi connectivity index (χ3n) is 5.67. The van der Waals surface area contributed by atoms with E-state index in [1.807, 2.05) is 39.1 Å². The molecule has 1 fully saturated rings. The van der Waals surface area contributed by atoms with E-state index < -0.39 is 22.6 Å². The molecule has 0 unspecified atom stereocenters. The van der Waals surface area contributed by atoms with Gasteiger partial charge in [0.1, 0.15) is 5.65 Å². The molecule has 1 aliphatic rings. The molecule has 0 saturated heterocycles. The van der Waals surface area contributed by atoms with Gasteiger partial charge < -0.3 is 15.0 Å². The summed E-state index contributed by atoms with van der Waals surface area (Å²) in [6, 6.07) is 3.78. The molecular weight excluding hydrogens is 418 g/mol.